The molecule has 1 atom stereocenters. The lowest BCUT2D eigenvalue weighted by atomic mass is 10.1. The number of benzene rings is 1. The summed E-state index contributed by atoms with van der Waals surface area (Å²) in [5.41, 5.74) is 6.68. The molecule has 3 rings (SSSR count). The molecular weight excluding hydrogens is 452 g/mol. The Morgan fingerprint density at radius 1 is 1.15 bits per heavy atom. The van der Waals surface area contributed by atoms with Gasteiger partial charge < -0.3 is 26.6 Å². The number of rotatable bonds is 8. The van der Waals surface area contributed by atoms with Crippen LogP contribution in [-0.4, -0.2) is 53.1 Å². The summed E-state index contributed by atoms with van der Waals surface area (Å²) in [5.74, 6) is 0.749. The van der Waals surface area contributed by atoms with E-state index in [-0.39, 0.29) is 29.0 Å². The predicted octanol–water partition coefficient (Wildman–Crippen LogP) is 2.47. The minimum Gasteiger partial charge on any atom is -0.365 e. The van der Waals surface area contributed by atoms with Gasteiger partial charge in [-0.05, 0) is 69.3 Å². The predicted molar refractivity (Wildman–Crippen MR) is 137 cm³/mol. The highest BCUT2D eigenvalue weighted by atomic mass is 32.1. The number of nitrogens with zero attached hydrogens (tertiary/aromatic N) is 2. The number of nitrogens with two attached hydrogens (primary N) is 1. The minimum absolute atomic E-state index is 0.0131. The quantitative estimate of drug-likeness (QED) is 0.366. The number of anilines is 3. The van der Waals surface area contributed by atoms with E-state index < -0.39 is 5.91 Å². The van der Waals surface area contributed by atoms with Crippen LogP contribution in [0.3, 0.4) is 0 Å². The molecule has 1 fully saturated rings. The molecule has 0 aliphatic carbocycles. The Bertz CT molecular complexity index is 1050. The number of primary amides is 1. The third-order valence-electron chi connectivity index (χ3n) is 5.26. The van der Waals surface area contributed by atoms with Gasteiger partial charge in [-0.1, -0.05) is 0 Å². The van der Waals surface area contributed by atoms with Crippen LogP contribution in [0.2, 0.25) is 0 Å². The van der Waals surface area contributed by atoms with Crippen molar-refractivity contribution < 1.29 is 14.4 Å². The normalized spacial score (nSPS) is 15.6. The molecule has 10 heteroatoms. The second-order valence-corrected chi connectivity index (χ2v) is 9.76. The van der Waals surface area contributed by atoms with Gasteiger partial charge >= 0.3 is 0 Å². The van der Waals surface area contributed by atoms with Gasteiger partial charge in [0.15, 0.2) is 0 Å². The van der Waals surface area contributed by atoms with Crippen molar-refractivity contribution in [3.05, 3.63) is 47.5 Å². The molecule has 0 spiro atoms. The smallest absolute Gasteiger partial charge is 0.252 e. The number of thiol groups is 1. The minimum atomic E-state index is -0.596. The topological polar surface area (TPSA) is 129 Å². The SMILES string of the molecule is CC(C)(C)NC(=O)c1ccc(Nc2nc(N3CC[C@H](NC(=O)CCS)C3)ccc2C(N)=O)cc1. The summed E-state index contributed by atoms with van der Waals surface area (Å²) >= 11 is 4.10. The van der Waals surface area contributed by atoms with Gasteiger partial charge in [0.2, 0.25) is 5.91 Å². The highest BCUT2D eigenvalue weighted by Gasteiger charge is 2.25. The molecule has 3 amide bonds. The molecule has 34 heavy (non-hydrogen) atoms. The van der Waals surface area contributed by atoms with E-state index in [9.17, 15) is 14.4 Å². The maximum absolute atomic E-state index is 12.4. The first kappa shape index (κ1) is 25.4. The van der Waals surface area contributed by atoms with E-state index in [2.05, 4.69) is 38.5 Å². The van der Waals surface area contributed by atoms with Crippen LogP contribution in [-0.2, 0) is 4.79 Å². The highest BCUT2D eigenvalue weighted by molar-refractivity contribution is 7.80. The van der Waals surface area contributed by atoms with Gasteiger partial charge in [0, 0.05) is 42.3 Å². The number of hydrogen-bond donors (Lipinski definition) is 5. The number of pyridine rings is 1. The summed E-state index contributed by atoms with van der Waals surface area (Å²) < 4.78 is 0. The molecule has 9 nitrogen and oxygen atoms in total. The molecule has 1 aromatic heterocycles. The summed E-state index contributed by atoms with van der Waals surface area (Å²) in [5, 5.41) is 9.08. The first-order valence-electron chi connectivity index (χ1n) is 11.2. The van der Waals surface area contributed by atoms with Gasteiger partial charge in [0.25, 0.3) is 11.8 Å². The Balaban J connectivity index is 1.74. The summed E-state index contributed by atoms with van der Waals surface area (Å²) in [7, 11) is 0. The summed E-state index contributed by atoms with van der Waals surface area (Å²) in [6, 6.07) is 10.3. The van der Waals surface area contributed by atoms with E-state index in [1.165, 1.54) is 0 Å². The first-order valence-corrected chi connectivity index (χ1v) is 11.8. The molecule has 1 saturated heterocycles. The first-order chi connectivity index (χ1) is 16.1. The standard InChI is InChI=1S/C24H32N6O3S/c1-24(2,3)29-23(33)15-4-6-16(7-5-15)27-22-18(21(25)32)8-9-19(28-22)30-12-10-17(14-30)26-20(31)11-13-34/h4-9,17,34H,10-14H2,1-3H3,(H2,25,32)(H,26,31)(H,27,28)(H,29,33)/t17-/m0/s1. The molecule has 1 aromatic carbocycles. The molecule has 0 radical (unpaired) electrons. The summed E-state index contributed by atoms with van der Waals surface area (Å²) in [4.78, 5) is 42.9. The lowest BCUT2D eigenvalue weighted by molar-refractivity contribution is -0.121. The van der Waals surface area contributed by atoms with Crippen molar-refractivity contribution in [3.63, 3.8) is 0 Å². The zero-order chi connectivity index (χ0) is 24.9. The van der Waals surface area contributed by atoms with Gasteiger partial charge in [-0.25, -0.2) is 4.98 Å². The van der Waals surface area contributed by atoms with Crippen molar-refractivity contribution in [2.45, 2.75) is 45.2 Å². The van der Waals surface area contributed by atoms with E-state index in [4.69, 9.17) is 5.73 Å². The van der Waals surface area contributed by atoms with Crippen molar-refractivity contribution in [1.82, 2.24) is 15.6 Å². The van der Waals surface area contributed by atoms with Crippen LogP contribution >= 0.6 is 12.6 Å². The summed E-state index contributed by atoms with van der Waals surface area (Å²) in [6.45, 7) is 7.11. The van der Waals surface area contributed by atoms with Crippen LogP contribution in [0, 0.1) is 0 Å². The zero-order valence-corrected chi connectivity index (χ0v) is 20.6. The Kier molecular flexibility index (Phi) is 8.03. The van der Waals surface area contributed by atoms with E-state index in [1.807, 2.05) is 20.8 Å². The second kappa shape index (κ2) is 10.8. The Hall–Kier alpha value is -3.27. The number of amides is 3. The molecule has 2 heterocycles. The van der Waals surface area contributed by atoms with Gasteiger partial charge in [0.05, 0.1) is 5.56 Å². The van der Waals surface area contributed by atoms with Crippen LogP contribution in [0.15, 0.2) is 36.4 Å². The van der Waals surface area contributed by atoms with Crippen LogP contribution in [0.1, 0.15) is 54.3 Å². The van der Waals surface area contributed by atoms with E-state index in [1.54, 1.807) is 36.4 Å². The van der Waals surface area contributed by atoms with Gasteiger partial charge in [-0.15, -0.1) is 0 Å². The molecule has 0 bridgehead atoms. The van der Waals surface area contributed by atoms with Crippen molar-refractivity contribution in [2.75, 3.05) is 29.1 Å². The fourth-order valence-corrected chi connectivity index (χ4v) is 3.86. The fraction of sp³-hybridized carbons (Fsp3) is 0.417. The second-order valence-electron chi connectivity index (χ2n) is 9.31. The third kappa shape index (κ3) is 6.86. The molecule has 1 aliphatic rings. The average Bonchev–Trinajstić information content (AvgIpc) is 3.21. The van der Waals surface area contributed by atoms with Crippen molar-refractivity contribution in [2.24, 2.45) is 5.73 Å². The van der Waals surface area contributed by atoms with Crippen LogP contribution in [0.5, 0.6) is 0 Å². The fourth-order valence-electron chi connectivity index (χ4n) is 3.66. The number of aromatic nitrogens is 1. The number of carbonyl (C=O) groups excluding carboxylic acids is 3. The average molecular weight is 485 g/mol. The number of carbonyl (C=O) groups is 3. The molecule has 1 aliphatic heterocycles. The van der Waals surface area contributed by atoms with Crippen molar-refractivity contribution in [3.8, 4) is 0 Å². The summed E-state index contributed by atoms with van der Waals surface area (Å²) in [6.07, 6.45) is 1.19. The monoisotopic (exact) mass is 484 g/mol. The lowest BCUT2D eigenvalue weighted by Gasteiger charge is -2.21. The van der Waals surface area contributed by atoms with Crippen LogP contribution < -0.4 is 26.6 Å². The Labute approximate surface area is 205 Å². The largest absolute Gasteiger partial charge is 0.365 e. The molecular formula is C24H32N6O3S. The van der Waals surface area contributed by atoms with Gasteiger partial charge in [-0.3, -0.25) is 14.4 Å². The van der Waals surface area contributed by atoms with Crippen LogP contribution in [0.4, 0.5) is 17.3 Å². The molecule has 0 unspecified atom stereocenters. The van der Waals surface area contributed by atoms with Gasteiger partial charge in [0.1, 0.15) is 11.6 Å². The third-order valence-corrected chi connectivity index (χ3v) is 5.48. The van der Waals surface area contributed by atoms with E-state index in [0.29, 0.717) is 41.6 Å². The molecule has 2 aromatic rings. The van der Waals surface area contributed by atoms with Crippen LogP contribution in [0.25, 0.3) is 0 Å². The Morgan fingerprint density at radius 3 is 2.47 bits per heavy atom. The van der Waals surface area contributed by atoms with Crippen molar-refractivity contribution in [1.29, 1.82) is 0 Å². The lowest BCUT2D eigenvalue weighted by Crippen LogP contribution is -2.40. The van der Waals surface area contributed by atoms with E-state index in [0.717, 1.165) is 13.0 Å². The number of nitrogens with one attached hydrogen (secondary N) is 3. The maximum Gasteiger partial charge on any atom is 0.252 e. The van der Waals surface area contributed by atoms with Gasteiger partial charge in [-0.2, -0.15) is 12.6 Å². The molecule has 5 N–H and O–H groups in total. The van der Waals surface area contributed by atoms with Crippen molar-refractivity contribution >= 4 is 47.7 Å². The molecule has 0 saturated carbocycles. The Morgan fingerprint density at radius 2 is 1.85 bits per heavy atom. The maximum atomic E-state index is 12.4. The number of hydrogen-bond acceptors (Lipinski definition) is 7. The highest BCUT2D eigenvalue weighted by Crippen LogP contribution is 2.25. The molecule has 182 valence electrons. The van der Waals surface area contributed by atoms with E-state index >= 15 is 0 Å². The zero-order valence-electron chi connectivity index (χ0n) is 19.7.